The number of benzene rings is 1. The van der Waals surface area contributed by atoms with Gasteiger partial charge in [0, 0.05) is 6.04 Å². The molecule has 5 heteroatoms. The molecule has 0 atom stereocenters. The highest BCUT2D eigenvalue weighted by Gasteiger charge is 2.20. The van der Waals surface area contributed by atoms with E-state index in [9.17, 15) is 9.90 Å². The van der Waals surface area contributed by atoms with Gasteiger partial charge in [-0.15, -0.1) is 0 Å². The summed E-state index contributed by atoms with van der Waals surface area (Å²) in [5.41, 5.74) is 2.09. The van der Waals surface area contributed by atoms with Gasteiger partial charge in [-0.05, 0) is 50.1 Å². The van der Waals surface area contributed by atoms with E-state index in [1.54, 1.807) is 35.0 Å². The van der Waals surface area contributed by atoms with Crippen LogP contribution >= 0.6 is 0 Å². The number of phenolic OH excluding ortho intramolecular Hbond substituents is 1. The van der Waals surface area contributed by atoms with Crippen molar-refractivity contribution in [2.75, 3.05) is 0 Å². The Morgan fingerprint density at radius 1 is 1.23 bits per heavy atom. The molecule has 0 radical (unpaired) electrons. The van der Waals surface area contributed by atoms with Crippen LogP contribution in [0.1, 0.15) is 48.3 Å². The number of carbonyl (C=O) groups is 1. The smallest absolute Gasteiger partial charge is 0.270 e. The molecule has 1 aromatic carbocycles. The van der Waals surface area contributed by atoms with Gasteiger partial charge in [-0.25, -0.2) is 4.68 Å². The van der Waals surface area contributed by atoms with E-state index in [1.165, 1.54) is 19.3 Å². The zero-order chi connectivity index (χ0) is 15.5. The van der Waals surface area contributed by atoms with E-state index in [2.05, 4.69) is 10.4 Å². The lowest BCUT2D eigenvalue weighted by molar-refractivity contribution is 0.0920. The van der Waals surface area contributed by atoms with Crippen molar-refractivity contribution in [2.24, 2.45) is 0 Å². The number of rotatable bonds is 3. The normalized spacial score (nSPS) is 15.7. The third kappa shape index (κ3) is 3.13. The number of aromatic nitrogens is 2. The van der Waals surface area contributed by atoms with Crippen LogP contribution in [-0.4, -0.2) is 26.8 Å². The molecule has 1 fully saturated rings. The average molecular weight is 299 g/mol. The Kier molecular flexibility index (Phi) is 4.13. The molecule has 1 amide bonds. The molecule has 5 nitrogen and oxygen atoms in total. The summed E-state index contributed by atoms with van der Waals surface area (Å²) >= 11 is 0. The van der Waals surface area contributed by atoms with Gasteiger partial charge in [-0.3, -0.25) is 4.79 Å². The fraction of sp³-hybridized carbons (Fsp3) is 0.412. The standard InChI is InChI=1S/C17H21N3O2/c1-12-11-16(17(22)18-13-5-3-2-4-6-13)20(19-12)14-7-9-15(21)10-8-14/h7-11,13,21H,2-6H2,1H3,(H,18,22). The molecular formula is C17H21N3O2. The number of phenols is 1. The van der Waals surface area contributed by atoms with Gasteiger partial charge in [-0.1, -0.05) is 19.3 Å². The van der Waals surface area contributed by atoms with Gasteiger partial charge < -0.3 is 10.4 Å². The maximum absolute atomic E-state index is 12.6. The summed E-state index contributed by atoms with van der Waals surface area (Å²) in [6, 6.07) is 8.75. The van der Waals surface area contributed by atoms with Crippen LogP contribution in [0.4, 0.5) is 0 Å². The predicted molar refractivity (Wildman–Crippen MR) is 84.3 cm³/mol. The molecule has 116 valence electrons. The van der Waals surface area contributed by atoms with Crippen molar-refractivity contribution in [1.82, 2.24) is 15.1 Å². The number of carbonyl (C=O) groups excluding carboxylic acids is 1. The van der Waals surface area contributed by atoms with Crippen LogP contribution in [0.5, 0.6) is 5.75 Å². The molecule has 2 aromatic rings. The van der Waals surface area contributed by atoms with Crippen molar-refractivity contribution in [3.8, 4) is 11.4 Å². The highest BCUT2D eigenvalue weighted by molar-refractivity contribution is 5.93. The van der Waals surface area contributed by atoms with Crippen molar-refractivity contribution < 1.29 is 9.90 Å². The topological polar surface area (TPSA) is 67.2 Å². The van der Waals surface area contributed by atoms with E-state index >= 15 is 0 Å². The molecule has 0 aliphatic heterocycles. The van der Waals surface area contributed by atoms with Crippen molar-refractivity contribution >= 4 is 5.91 Å². The molecule has 0 spiro atoms. The summed E-state index contributed by atoms with van der Waals surface area (Å²) in [5.74, 6) is 0.112. The summed E-state index contributed by atoms with van der Waals surface area (Å²) < 4.78 is 1.63. The lowest BCUT2D eigenvalue weighted by atomic mass is 9.95. The third-order valence-electron chi connectivity index (χ3n) is 4.10. The Labute approximate surface area is 130 Å². The second-order valence-electron chi connectivity index (χ2n) is 5.91. The van der Waals surface area contributed by atoms with Crippen LogP contribution in [0, 0.1) is 6.92 Å². The molecule has 3 rings (SSSR count). The summed E-state index contributed by atoms with van der Waals surface area (Å²) in [4.78, 5) is 12.6. The molecule has 22 heavy (non-hydrogen) atoms. The Hall–Kier alpha value is -2.30. The van der Waals surface area contributed by atoms with Crippen LogP contribution in [0.2, 0.25) is 0 Å². The van der Waals surface area contributed by atoms with Gasteiger partial charge in [0.25, 0.3) is 5.91 Å². The summed E-state index contributed by atoms with van der Waals surface area (Å²) in [6.45, 7) is 1.87. The van der Waals surface area contributed by atoms with Crippen molar-refractivity contribution in [3.05, 3.63) is 41.7 Å². The highest BCUT2D eigenvalue weighted by Crippen LogP contribution is 2.19. The molecule has 1 aliphatic rings. The fourth-order valence-corrected chi connectivity index (χ4v) is 2.96. The van der Waals surface area contributed by atoms with Gasteiger partial charge in [0.15, 0.2) is 0 Å². The van der Waals surface area contributed by atoms with Crippen molar-refractivity contribution in [1.29, 1.82) is 0 Å². The van der Waals surface area contributed by atoms with E-state index < -0.39 is 0 Å². The van der Waals surface area contributed by atoms with Crippen LogP contribution in [0.15, 0.2) is 30.3 Å². The zero-order valence-corrected chi connectivity index (χ0v) is 12.7. The first kappa shape index (κ1) is 14.6. The second-order valence-corrected chi connectivity index (χ2v) is 5.91. The third-order valence-corrected chi connectivity index (χ3v) is 4.10. The lowest BCUT2D eigenvalue weighted by Gasteiger charge is -2.22. The van der Waals surface area contributed by atoms with Crippen molar-refractivity contribution in [3.63, 3.8) is 0 Å². The summed E-state index contributed by atoms with van der Waals surface area (Å²) in [5, 5.41) is 16.9. The Morgan fingerprint density at radius 2 is 1.91 bits per heavy atom. The number of aryl methyl sites for hydroxylation is 1. The number of amides is 1. The molecular weight excluding hydrogens is 278 g/mol. The number of nitrogens with zero attached hydrogens (tertiary/aromatic N) is 2. The van der Waals surface area contributed by atoms with Gasteiger partial charge >= 0.3 is 0 Å². The van der Waals surface area contributed by atoms with Crippen LogP contribution in [0.25, 0.3) is 5.69 Å². The second kappa shape index (κ2) is 6.22. The van der Waals surface area contributed by atoms with Gasteiger partial charge in [0.1, 0.15) is 11.4 Å². The van der Waals surface area contributed by atoms with Crippen molar-refractivity contribution in [2.45, 2.75) is 45.1 Å². The van der Waals surface area contributed by atoms with E-state index in [0.717, 1.165) is 24.2 Å². The predicted octanol–water partition coefficient (Wildman–Crippen LogP) is 2.95. The molecule has 1 aliphatic carbocycles. The quantitative estimate of drug-likeness (QED) is 0.915. The minimum Gasteiger partial charge on any atom is -0.508 e. The highest BCUT2D eigenvalue weighted by atomic mass is 16.3. The first-order chi connectivity index (χ1) is 10.6. The maximum atomic E-state index is 12.6. The van der Waals surface area contributed by atoms with Crippen LogP contribution in [-0.2, 0) is 0 Å². The van der Waals surface area contributed by atoms with Crippen LogP contribution in [0.3, 0.4) is 0 Å². The van der Waals surface area contributed by atoms with E-state index in [1.807, 2.05) is 6.92 Å². The fourth-order valence-electron chi connectivity index (χ4n) is 2.96. The zero-order valence-electron chi connectivity index (χ0n) is 12.7. The SMILES string of the molecule is Cc1cc(C(=O)NC2CCCCC2)n(-c2ccc(O)cc2)n1. The van der Waals surface area contributed by atoms with Gasteiger partial charge in [0.05, 0.1) is 11.4 Å². The van der Waals surface area contributed by atoms with E-state index in [0.29, 0.717) is 5.69 Å². The van der Waals surface area contributed by atoms with E-state index in [4.69, 9.17) is 0 Å². The molecule has 1 saturated carbocycles. The minimum atomic E-state index is -0.0828. The number of aromatic hydroxyl groups is 1. The number of hydrogen-bond acceptors (Lipinski definition) is 3. The molecule has 1 heterocycles. The Bertz CT molecular complexity index is 655. The lowest BCUT2D eigenvalue weighted by Crippen LogP contribution is -2.37. The average Bonchev–Trinajstić information content (AvgIpc) is 2.91. The van der Waals surface area contributed by atoms with Gasteiger partial charge in [-0.2, -0.15) is 5.10 Å². The summed E-state index contributed by atoms with van der Waals surface area (Å²) in [6.07, 6.45) is 5.73. The molecule has 2 N–H and O–H groups in total. The Morgan fingerprint density at radius 3 is 2.59 bits per heavy atom. The first-order valence-corrected chi connectivity index (χ1v) is 7.80. The van der Waals surface area contributed by atoms with Gasteiger partial charge in [0.2, 0.25) is 0 Å². The Balaban J connectivity index is 1.83. The largest absolute Gasteiger partial charge is 0.508 e. The molecule has 0 bridgehead atoms. The summed E-state index contributed by atoms with van der Waals surface area (Å²) in [7, 11) is 0. The maximum Gasteiger partial charge on any atom is 0.270 e. The molecule has 0 unspecified atom stereocenters. The minimum absolute atomic E-state index is 0.0828. The molecule has 0 saturated heterocycles. The number of nitrogens with one attached hydrogen (secondary N) is 1. The van der Waals surface area contributed by atoms with E-state index in [-0.39, 0.29) is 17.7 Å². The monoisotopic (exact) mass is 299 g/mol. The number of hydrogen-bond donors (Lipinski definition) is 2. The van der Waals surface area contributed by atoms with Crippen LogP contribution < -0.4 is 5.32 Å². The molecule has 1 aromatic heterocycles. The first-order valence-electron chi connectivity index (χ1n) is 7.80.